The molecular formula is C18H26O. The Morgan fingerprint density at radius 2 is 2.11 bits per heavy atom. The lowest BCUT2D eigenvalue weighted by Gasteiger charge is -2.55. The van der Waals surface area contributed by atoms with Gasteiger partial charge < -0.3 is 5.11 Å². The molecular weight excluding hydrogens is 232 g/mol. The maximum absolute atomic E-state index is 9.46. The molecule has 0 aromatic heterocycles. The molecule has 0 spiro atoms. The lowest BCUT2D eigenvalue weighted by molar-refractivity contribution is -0.0753. The number of rotatable bonds is 7. The molecule has 19 heavy (non-hydrogen) atoms. The number of hydrogen-bond acceptors (Lipinski definition) is 1. The number of benzene rings is 1. The third-order valence-corrected chi connectivity index (χ3v) is 5.14. The Morgan fingerprint density at radius 3 is 2.68 bits per heavy atom. The fraction of sp³-hybridized carbons (Fsp3) is 0.556. The van der Waals surface area contributed by atoms with E-state index in [1.54, 1.807) is 0 Å². The van der Waals surface area contributed by atoms with Gasteiger partial charge in [0.15, 0.2) is 0 Å². The number of hydrogen-bond donors (Lipinski definition) is 1. The fourth-order valence-electron chi connectivity index (χ4n) is 3.88. The largest absolute Gasteiger partial charge is 0.396 e. The Bertz CT molecular complexity index is 397. The zero-order chi connectivity index (χ0) is 13.7. The van der Waals surface area contributed by atoms with Crippen LogP contribution in [0.25, 0.3) is 0 Å². The van der Waals surface area contributed by atoms with Gasteiger partial charge in [0, 0.05) is 6.61 Å². The summed E-state index contributed by atoms with van der Waals surface area (Å²) in [5, 5.41) is 9.46. The maximum Gasteiger partial charge on any atom is 0.0462 e. The molecule has 1 aromatic carbocycles. The second-order valence-corrected chi connectivity index (χ2v) is 5.98. The van der Waals surface area contributed by atoms with Crippen molar-refractivity contribution in [3.05, 3.63) is 48.6 Å². The van der Waals surface area contributed by atoms with Gasteiger partial charge in [-0.25, -0.2) is 0 Å². The fourth-order valence-corrected chi connectivity index (χ4v) is 3.88. The van der Waals surface area contributed by atoms with Gasteiger partial charge in [-0.3, -0.25) is 0 Å². The molecule has 1 aliphatic carbocycles. The van der Waals surface area contributed by atoms with Crippen molar-refractivity contribution in [1.29, 1.82) is 0 Å². The Kier molecular flexibility index (Phi) is 4.81. The highest BCUT2D eigenvalue weighted by Gasteiger charge is 2.50. The summed E-state index contributed by atoms with van der Waals surface area (Å²) >= 11 is 0. The van der Waals surface area contributed by atoms with Gasteiger partial charge in [0.05, 0.1) is 0 Å². The minimum absolute atomic E-state index is 0.339. The highest BCUT2D eigenvalue weighted by molar-refractivity contribution is 5.16. The summed E-state index contributed by atoms with van der Waals surface area (Å²) in [7, 11) is 0. The highest BCUT2D eigenvalue weighted by Crippen LogP contribution is 2.57. The third-order valence-electron chi connectivity index (χ3n) is 5.14. The normalized spacial score (nSPS) is 29.8. The molecule has 0 unspecified atom stereocenters. The SMILES string of the molecule is C=CC[C@H]1[C@H](CO)C[C@]1(CC)CCc1ccccc1. The van der Waals surface area contributed by atoms with E-state index >= 15 is 0 Å². The first-order chi connectivity index (χ1) is 9.25. The van der Waals surface area contributed by atoms with Crippen molar-refractivity contribution >= 4 is 0 Å². The molecule has 3 atom stereocenters. The summed E-state index contributed by atoms with van der Waals surface area (Å²) in [6, 6.07) is 10.7. The van der Waals surface area contributed by atoms with Crippen LogP contribution >= 0.6 is 0 Å². The van der Waals surface area contributed by atoms with E-state index in [1.807, 2.05) is 6.08 Å². The smallest absolute Gasteiger partial charge is 0.0462 e. The molecule has 104 valence electrons. The third kappa shape index (κ3) is 2.92. The van der Waals surface area contributed by atoms with Crippen LogP contribution in [0, 0.1) is 17.3 Å². The van der Waals surface area contributed by atoms with E-state index < -0.39 is 0 Å². The van der Waals surface area contributed by atoms with Gasteiger partial charge in [-0.15, -0.1) is 6.58 Å². The van der Waals surface area contributed by atoms with Gasteiger partial charge in [0.1, 0.15) is 0 Å². The van der Waals surface area contributed by atoms with Crippen LogP contribution in [-0.2, 0) is 6.42 Å². The second-order valence-electron chi connectivity index (χ2n) is 5.98. The summed E-state index contributed by atoms with van der Waals surface area (Å²) in [6.45, 7) is 6.53. The summed E-state index contributed by atoms with van der Waals surface area (Å²) in [5.41, 5.74) is 1.86. The van der Waals surface area contributed by atoms with Crippen LogP contribution in [0.15, 0.2) is 43.0 Å². The molecule has 0 saturated heterocycles. The molecule has 2 rings (SSSR count). The highest BCUT2D eigenvalue weighted by atomic mass is 16.3. The summed E-state index contributed by atoms with van der Waals surface area (Å²) in [5.74, 6) is 1.12. The van der Waals surface area contributed by atoms with Crippen molar-refractivity contribution in [2.24, 2.45) is 17.3 Å². The molecule has 0 heterocycles. The molecule has 1 heteroatoms. The molecule has 0 bridgehead atoms. The number of aliphatic hydroxyl groups is 1. The Labute approximate surface area is 117 Å². The standard InChI is InChI=1S/C18H26O/c1-3-8-17-16(14-19)13-18(17,4-2)12-11-15-9-6-5-7-10-15/h3,5-7,9-10,16-17,19H,1,4,8,11-14H2,2H3/t16-,17-,18-/m0/s1. The van der Waals surface area contributed by atoms with E-state index in [0.717, 1.165) is 12.8 Å². The van der Waals surface area contributed by atoms with E-state index in [4.69, 9.17) is 0 Å². The number of allylic oxidation sites excluding steroid dienone is 1. The lowest BCUT2D eigenvalue weighted by Crippen LogP contribution is -2.49. The van der Waals surface area contributed by atoms with Crippen LogP contribution in [0.4, 0.5) is 0 Å². The van der Waals surface area contributed by atoms with Gasteiger partial charge in [-0.05, 0) is 48.5 Å². The first-order valence-corrected chi connectivity index (χ1v) is 7.51. The molecule has 1 aromatic rings. The number of aliphatic hydroxyl groups excluding tert-OH is 1. The van der Waals surface area contributed by atoms with Crippen LogP contribution in [0.1, 0.15) is 38.2 Å². The molecule has 1 fully saturated rings. The number of aryl methyl sites for hydroxylation is 1. The van der Waals surface area contributed by atoms with E-state index in [-0.39, 0.29) is 0 Å². The summed E-state index contributed by atoms with van der Waals surface area (Å²) < 4.78 is 0. The van der Waals surface area contributed by atoms with Crippen molar-refractivity contribution in [2.75, 3.05) is 6.61 Å². The van der Waals surface area contributed by atoms with E-state index in [2.05, 4.69) is 43.8 Å². The topological polar surface area (TPSA) is 20.2 Å². The van der Waals surface area contributed by atoms with E-state index in [1.165, 1.54) is 24.8 Å². The van der Waals surface area contributed by atoms with Gasteiger partial charge in [-0.2, -0.15) is 0 Å². The predicted octanol–water partition coefficient (Wildman–Crippen LogP) is 4.22. The average molecular weight is 258 g/mol. The average Bonchev–Trinajstić information content (AvgIpc) is 2.46. The van der Waals surface area contributed by atoms with Crippen LogP contribution in [0.3, 0.4) is 0 Å². The quantitative estimate of drug-likeness (QED) is 0.726. The second kappa shape index (κ2) is 6.38. The Hall–Kier alpha value is -1.08. The van der Waals surface area contributed by atoms with Crippen molar-refractivity contribution in [3.8, 4) is 0 Å². The van der Waals surface area contributed by atoms with Crippen molar-refractivity contribution in [3.63, 3.8) is 0 Å². The maximum atomic E-state index is 9.46. The van der Waals surface area contributed by atoms with Crippen molar-refractivity contribution in [2.45, 2.75) is 39.0 Å². The molecule has 0 aliphatic heterocycles. The van der Waals surface area contributed by atoms with E-state index in [9.17, 15) is 5.11 Å². The first kappa shape index (κ1) is 14.3. The minimum atomic E-state index is 0.339. The van der Waals surface area contributed by atoms with Gasteiger partial charge in [0.2, 0.25) is 0 Å². The summed E-state index contributed by atoms with van der Waals surface area (Å²) in [4.78, 5) is 0. The van der Waals surface area contributed by atoms with Gasteiger partial charge in [0.25, 0.3) is 0 Å². The van der Waals surface area contributed by atoms with Crippen LogP contribution in [-0.4, -0.2) is 11.7 Å². The summed E-state index contributed by atoms with van der Waals surface area (Å²) in [6.07, 6.45) is 7.87. The Balaban J connectivity index is 2.00. The molecule has 1 saturated carbocycles. The minimum Gasteiger partial charge on any atom is -0.396 e. The van der Waals surface area contributed by atoms with Crippen molar-refractivity contribution in [1.82, 2.24) is 0 Å². The van der Waals surface area contributed by atoms with Crippen LogP contribution < -0.4 is 0 Å². The van der Waals surface area contributed by atoms with E-state index in [0.29, 0.717) is 23.9 Å². The molecule has 1 aliphatic rings. The van der Waals surface area contributed by atoms with Crippen LogP contribution in [0.2, 0.25) is 0 Å². The van der Waals surface area contributed by atoms with Crippen molar-refractivity contribution < 1.29 is 5.11 Å². The van der Waals surface area contributed by atoms with Gasteiger partial charge >= 0.3 is 0 Å². The molecule has 0 amide bonds. The Morgan fingerprint density at radius 1 is 1.37 bits per heavy atom. The lowest BCUT2D eigenvalue weighted by atomic mass is 9.50. The molecule has 0 radical (unpaired) electrons. The zero-order valence-corrected chi connectivity index (χ0v) is 12.0. The molecule has 1 N–H and O–H groups in total. The van der Waals surface area contributed by atoms with Crippen LogP contribution in [0.5, 0.6) is 0 Å². The zero-order valence-electron chi connectivity index (χ0n) is 12.0. The molecule has 1 nitrogen and oxygen atoms in total. The predicted molar refractivity (Wildman–Crippen MR) is 81.0 cm³/mol. The first-order valence-electron chi connectivity index (χ1n) is 7.51. The monoisotopic (exact) mass is 258 g/mol. The van der Waals surface area contributed by atoms with Gasteiger partial charge in [-0.1, -0.05) is 49.8 Å².